The Hall–Kier alpha value is -3.91. The minimum absolute atomic E-state index is 0.252. The molecule has 4 rings (SSSR count). The van der Waals surface area contributed by atoms with Gasteiger partial charge in [0.25, 0.3) is 5.91 Å². The van der Waals surface area contributed by atoms with Gasteiger partial charge in [0, 0.05) is 23.9 Å². The van der Waals surface area contributed by atoms with Gasteiger partial charge in [0.1, 0.15) is 17.3 Å². The number of anilines is 2. The maximum Gasteiger partial charge on any atom is 0.336 e. The van der Waals surface area contributed by atoms with Crippen molar-refractivity contribution < 1.29 is 14.7 Å². The lowest BCUT2D eigenvalue weighted by atomic mass is 9.78. The van der Waals surface area contributed by atoms with E-state index in [1.807, 2.05) is 71.2 Å². The number of nitrogens with zero attached hydrogens (tertiary/aromatic N) is 2. The van der Waals surface area contributed by atoms with Gasteiger partial charge in [-0.2, -0.15) is 0 Å². The van der Waals surface area contributed by atoms with Crippen molar-refractivity contribution in [2.24, 2.45) is 0 Å². The molecule has 2 heterocycles. The molecule has 1 saturated heterocycles. The summed E-state index contributed by atoms with van der Waals surface area (Å²) < 4.78 is 0. The van der Waals surface area contributed by atoms with Crippen LogP contribution in [0, 0.1) is 5.41 Å². The first-order valence-corrected chi connectivity index (χ1v) is 13.3. The normalized spacial score (nSPS) is 15.5. The van der Waals surface area contributed by atoms with E-state index in [0.29, 0.717) is 11.4 Å². The lowest BCUT2D eigenvalue weighted by molar-refractivity contribution is -0.114. The number of aromatic hydroxyl groups is 1. The molecule has 3 aromatic rings. The first-order valence-electron chi connectivity index (χ1n) is 12.4. The second-order valence-corrected chi connectivity index (χ2v) is 12.4. The van der Waals surface area contributed by atoms with Gasteiger partial charge in [-0.1, -0.05) is 47.6 Å². The molecule has 1 fully saturated rings. The van der Waals surface area contributed by atoms with Crippen molar-refractivity contribution in [1.29, 1.82) is 5.41 Å². The van der Waals surface area contributed by atoms with Crippen LogP contribution in [0.4, 0.5) is 16.2 Å². The van der Waals surface area contributed by atoms with E-state index >= 15 is 0 Å². The van der Waals surface area contributed by atoms with Gasteiger partial charge >= 0.3 is 6.03 Å². The zero-order valence-corrected chi connectivity index (χ0v) is 23.7. The first kappa shape index (κ1) is 27.1. The number of phenolic OH excluding ortho intramolecular Hbond substituents is 1. The monoisotopic (exact) mass is 530 g/mol. The molecule has 3 N–H and O–H groups in total. The fraction of sp³-hybridized carbons (Fsp3) is 0.300. The number of nitrogens with one attached hydrogen (secondary N) is 2. The number of benzene rings is 2. The molecular weight excluding hydrogens is 496 g/mol. The van der Waals surface area contributed by atoms with E-state index in [2.05, 4.69) is 5.32 Å². The molecule has 8 heteroatoms. The molecule has 3 amide bonds. The Kier molecular flexibility index (Phi) is 6.97. The van der Waals surface area contributed by atoms with Crippen LogP contribution in [0.2, 0.25) is 0 Å². The molecule has 0 radical (unpaired) electrons. The zero-order chi connectivity index (χ0) is 28.0. The van der Waals surface area contributed by atoms with Crippen LogP contribution < -0.4 is 10.2 Å². The number of urea groups is 1. The molecule has 2 aromatic carbocycles. The maximum atomic E-state index is 13.5. The van der Waals surface area contributed by atoms with Gasteiger partial charge in [-0.05, 0) is 70.3 Å². The lowest BCUT2D eigenvalue weighted by Gasteiger charge is -2.28. The standard InChI is InChI=1S/C30H34N4O3S/c1-29(2,3)21-15-18(16-22(25(21)35)30(4,5)6)17-23-27(36)34(28(37)33(23)7)20-12-10-19(11-13-20)32-26(31)24-9-8-14-38-24/h8-17,35H,1-7H3,(H2,31,32)/b23-17-. The van der Waals surface area contributed by atoms with Crippen LogP contribution in [0.15, 0.2) is 59.6 Å². The van der Waals surface area contributed by atoms with E-state index in [1.165, 1.54) is 16.2 Å². The van der Waals surface area contributed by atoms with Crippen LogP contribution in [0.25, 0.3) is 6.08 Å². The first-order chi connectivity index (χ1) is 17.7. The summed E-state index contributed by atoms with van der Waals surface area (Å²) in [5.74, 6) is 0.119. The Morgan fingerprint density at radius 2 is 1.55 bits per heavy atom. The van der Waals surface area contributed by atoms with Gasteiger partial charge in [-0.15, -0.1) is 11.3 Å². The van der Waals surface area contributed by atoms with Gasteiger partial charge in [-0.25, -0.2) is 9.69 Å². The smallest absolute Gasteiger partial charge is 0.336 e. The van der Waals surface area contributed by atoms with Crippen molar-refractivity contribution in [2.45, 2.75) is 52.4 Å². The molecule has 0 spiro atoms. The summed E-state index contributed by atoms with van der Waals surface area (Å²) in [6.45, 7) is 12.2. The molecular formula is C30H34N4O3S. The van der Waals surface area contributed by atoms with Gasteiger partial charge in [0.2, 0.25) is 0 Å². The molecule has 198 valence electrons. The number of likely N-dealkylation sites (N-methyl/N-ethyl adjacent to an activating group) is 1. The number of phenols is 1. The molecule has 1 aromatic heterocycles. The summed E-state index contributed by atoms with van der Waals surface area (Å²) in [4.78, 5) is 29.9. The second kappa shape index (κ2) is 9.76. The number of thiophene rings is 1. The molecule has 7 nitrogen and oxygen atoms in total. The third-order valence-corrected chi connectivity index (χ3v) is 7.36. The molecule has 1 aliphatic heterocycles. The average Bonchev–Trinajstić information content (AvgIpc) is 3.43. The molecule has 0 unspecified atom stereocenters. The summed E-state index contributed by atoms with van der Waals surface area (Å²) in [7, 11) is 1.58. The highest BCUT2D eigenvalue weighted by molar-refractivity contribution is 7.12. The Morgan fingerprint density at radius 1 is 0.974 bits per heavy atom. The topological polar surface area (TPSA) is 96.7 Å². The predicted molar refractivity (Wildman–Crippen MR) is 155 cm³/mol. The number of imide groups is 1. The van der Waals surface area contributed by atoms with Gasteiger partial charge < -0.3 is 10.4 Å². The number of amides is 3. The summed E-state index contributed by atoms with van der Waals surface area (Å²) in [6, 6.07) is 13.9. The van der Waals surface area contributed by atoms with E-state index in [-0.39, 0.29) is 28.1 Å². The zero-order valence-electron chi connectivity index (χ0n) is 22.8. The fourth-order valence-electron chi connectivity index (χ4n) is 4.35. The Bertz CT molecular complexity index is 1390. The van der Waals surface area contributed by atoms with Crippen LogP contribution in [0.5, 0.6) is 5.75 Å². The molecule has 0 aliphatic carbocycles. The van der Waals surface area contributed by atoms with Crippen LogP contribution in [0.3, 0.4) is 0 Å². The van der Waals surface area contributed by atoms with E-state index in [4.69, 9.17) is 5.41 Å². The molecule has 0 saturated carbocycles. The van der Waals surface area contributed by atoms with Crippen molar-refractivity contribution in [3.8, 4) is 5.75 Å². The van der Waals surface area contributed by atoms with Gasteiger partial charge in [0.15, 0.2) is 0 Å². The number of carbonyl (C=O) groups excluding carboxylic acids is 2. The summed E-state index contributed by atoms with van der Waals surface area (Å²) >= 11 is 1.47. The highest BCUT2D eigenvalue weighted by atomic mass is 32.1. The van der Waals surface area contributed by atoms with E-state index < -0.39 is 11.9 Å². The molecule has 0 bridgehead atoms. The van der Waals surface area contributed by atoms with Crippen molar-refractivity contribution in [1.82, 2.24) is 4.90 Å². The van der Waals surface area contributed by atoms with E-state index in [9.17, 15) is 14.7 Å². The van der Waals surface area contributed by atoms with Gasteiger partial charge in [-0.3, -0.25) is 15.1 Å². The number of amidine groups is 1. The van der Waals surface area contributed by atoms with E-state index in [0.717, 1.165) is 26.5 Å². The SMILES string of the molecule is CN1C(=O)N(c2ccc(NC(=N)c3cccs3)cc2)C(=O)/C1=C/c1cc(C(C)(C)C)c(O)c(C(C)(C)C)c1. The van der Waals surface area contributed by atoms with Crippen LogP contribution in [0.1, 0.15) is 63.1 Å². The maximum absolute atomic E-state index is 13.5. The highest BCUT2D eigenvalue weighted by Gasteiger charge is 2.40. The summed E-state index contributed by atoms with van der Waals surface area (Å²) in [5, 5.41) is 24.2. The number of hydrogen-bond acceptors (Lipinski definition) is 5. The third-order valence-electron chi connectivity index (χ3n) is 6.48. The number of rotatable bonds is 4. The molecule has 1 aliphatic rings. The number of hydrogen-bond donors (Lipinski definition) is 3. The predicted octanol–water partition coefficient (Wildman–Crippen LogP) is 6.93. The second-order valence-electron chi connectivity index (χ2n) is 11.5. The van der Waals surface area contributed by atoms with Crippen molar-refractivity contribution in [3.63, 3.8) is 0 Å². The van der Waals surface area contributed by atoms with Crippen LogP contribution in [-0.2, 0) is 15.6 Å². The van der Waals surface area contributed by atoms with Gasteiger partial charge in [0.05, 0.1) is 10.6 Å². The van der Waals surface area contributed by atoms with E-state index in [1.54, 1.807) is 37.4 Å². The Balaban J connectivity index is 1.66. The Labute approximate surface area is 227 Å². The van der Waals surface area contributed by atoms with Crippen LogP contribution >= 0.6 is 11.3 Å². The lowest BCUT2D eigenvalue weighted by Crippen LogP contribution is -2.31. The molecule has 38 heavy (non-hydrogen) atoms. The fourth-order valence-corrected chi connectivity index (χ4v) is 4.98. The highest BCUT2D eigenvalue weighted by Crippen LogP contribution is 2.40. The van der Waals surface area contributed by atoms with Crippen molar-refractivity contribution in [3.05, 3.63) is 81.2 Å². The van der Waals surface area contributed by atoms with Crippen molar-refractivity contribution >= 4 is 46.6 Å². The minimum Gasteiger partial charge on any atom is -0.507 e. The average molecular weight is 531 g/mol. The third kappa shape index (κ3) is 5.22. The quantitative estimate of drug-likeness (QED) is 0.148. The summed E-state index contributed by atoms with van der Waals surface area (Å²) in [6.07, 6.45) is 1.71. The molecule has 0 atom stereocenters. The van der Waals surface area contributed by atoms with Crippen molar-refractivity contribution in [2.75, 3.05) is 17.3 Å². The minimum atomic E-state index is -0.445. The van der Waals surface area contributed by atoms with Crippen LogP contribution in [-0.4, -0.2) is 34.8 Å². The largest absolute Gasteiger partial charge is 0.507 e. The Morgan fingerprint density at radius 3 is 2.05 bits per heavy atom. The summed E-state index contributed by atoms with van der Waals surface area (Å²) in [5.41, 5.74) is 3.05. The number of carbonyl (C=O) groups is 2.